The highest BCUT2D eigenvalue weighted by Crippen LogP contribution is 2.43. The standard InChI is InChI=1S/C30H48N6O9/c1-29(2,3)44-27(42)33-26(34-28(43)45-30(4,5)6)32-15-9-7-8-14-31-21(37)17-35-20(16-22(38)39)24(40)36-19-12-10-18(11-13-19)23(36)25(35)41/h18-20,23H,7-17H2,1-6H3,(H,31,37)(H,38,39)(H2,32,33,34,42,43)/t18?,19?,20-,23-/m0/s1. The number of nitrogens with zero attached hydrogens (tertiary/aromatic N) is 3. The molecule has 45 heavy (non-hydrogen) atoms. The van der Waals surface area contributed by atoms with Gasteiger partial charge < -0.3 is 29.7 Å². The summed E-state index contributed by atoms with van der Waals surface area (Å²) in [6.07, 6.45) is 2.95. The van der Waals surface area contributed by atoms with Gasteiger partial charge in [0.1, 0.15) is 29.8 Å². The van der Waals surface area contributed by atoms with Crippen LogP contribution in [0.3, 0.4) is 0 Å². The molecule has 2 bridgehead atoms. The first-order valence-corrected chi connectivity index (χ1v) is 15.6. The summed E-state index contributed by atoms with van der Waals surface area (Å²) in [7, 11) is 0. The molecule has 0 spiro atoms. The third-order valence-electron chi connectivity index (χ3n) is 7.68. The van der Waals surface area contributed by atoms with E-state index in [1.54, 1.807) is 46.4 Å². The van der Waals surface area contributed by atoms with Crippen LogP contribution in [-0.2, 0) is 28.7 Å². The van der Waals surface area contributed by atoms with Crippen molar-refractivity contribution in [1.29, 1.82) is 0 Å². The van der Waals surface area contributed by atoms with Crippen molar-refractivity contribution in [3.05, 3.63) is 0 Å². The summed E-state index contributed by atoms with van der Waals surface area (Å²) in [5.41, 5.74) is -1.51. The molecular formula is C30H48N6O9. The number of carbonyl (C=O) groups excluding carboxylic acids is 5. The number of fused-ring (bicyclic) bond motifs is 2. The number of rotatable bonds is 10. The molecule has 0 radical (unpaired) electrons. The molecule has 0 aromatic carbocycles. The number of carbonyl (C=O) groups is 6. The molecule has 0 aromatic rings. The number of hydrogen-bond donors (Lipinski definition) is 4. The minimum atomic E-state index is -1.21. The van der Waals surface area contributed by atoms with Crippen LogP contribution in [0.15, 0.2) is 4.99 Å². The fraction of sp³-hybridized carbons (Fsp3) is 0.767. The molecule has 1 aliphatic carbocycles. The number of amides is 5. The molecule has 2 atom stereocenters. The van der Waals surface area contributed by atoms with Crippen molar-refractivity contribution < 1.29 is 43.3 Å². The minimum absolute atomic E-state index is 0.0321. The number of aliphatic imine (C=N–C) groups is 1. The van der Waals surface area contributed by atoms with E-state index >= 15 is 0 Å². The first kappa shape index (κ1) is 35.6. The average Bonchev–Trinajstić information content (AvgIpc) is 2.90. The van der Waals surface area contributed by atoms with Gasteiger partial charge in [-0.1, -0.05) is 0 Å². The van der Waals surface area contributed by atoms with Crippen LogP contribution in [-0.4, -0.2) is 106 Å². The predicted octanol–water partition coefficient (Wildman–Crippen LogP) is 2.13. The smallest absolute Gasteiger partial charge is 0.414 e. The molecule has 0 aromatic heterocycles. The van der Waals surface area contributed by atoms with Crippen molar-refractivity contribution in [1.82, 2.24) is 25.8 Å². The summed E-state index contributed by atoms with van der Waals surface area (Å²) in [6, 6.07) is -1.87. The first-order chi connectivity index (χ1) is 20.9. The van der Waals surface area contributed by atoms with Gasteiger partial charge in [0.25, 0.3) is 0 Å². The second-order valence-corrected chi connectivity index (χ2v) is 13.7. The summed E-state index contributed by atoms with van der Waals surface area (Å²) in [6.45, 7) is 10.4. The topological polar surface area (TPSA) is 196 Å². The Morgan fingerprint density at radius 2 is 1.44 bits per heavy atom. The molecule has 1 saturated carbocycles. The molecule has 3 aliphatic heterocycles. The summed E-state index contributed by atoms with van der Waals surface area (Å²) in [5, 5.41) is 17.0. The van der Waals surface area contributed by atoms with Gasteiger partial charge in [-0.2, -0.15) is 0 Å². The zero-order valence-corrected chi connectivity index (χ0v) is 27.1. The maximum Gasteiger partial charge on any atom is 0.414 e. The van der Waals surface area contributed by atoms with Gasteiger partial charge in [-0.15, -0.1) is 0 Å². The van der Waals surface area contributed by atoms with Gasteiger partial charge in [0, 0.05) is 19.1 Å². The molecular weight excluding hydrogens is 588 g/mol. The monoisotopic (exact) mass is 636 g/mol. The molecule has 15 heteroatoms. The molecule has 3 saturated heterocycles. The van der Waals surface area contributed by atoms with E-state index in [4.69, 9.17) is 9.47 Å². The molecule has 0 unspecified atom stereocenters. The zero-order valence-electron chi connectivity index (χ0n) is 27.1. The van der Waals surface area contributed by atoms with Gasteiger partial charge in [0.05, 0.1) is 6.42 Å². The Bertz CT molecular complexity index is 1140. The Morgan fingerprint density at radius 1 is 0.867 bits per heavy atom. The maximum atomic E-state index is 13.5. The zero-order chi connectivity index (χ0) is 33.5. The van der Waals surface area contributed by atoms with Gasteiger partial charge in [-0.3, -0.25) is 34.8 Å². The molecule has 3 heterocycles. The Kier molecular flexibility index (Phi) is 11.8. The lowest BCUT2D eigenvalue weighted by Gasteiger charge is -2.56. The van der Waals surface area contributed by atoms with Crippen LogP contribution < -0.4 is 16.0 Å². The number of guanidine groups is 1. The van der Waals surface area contributed by atoms with Crippen LogP contribution in [0.1, 0.15) is 92.9 Å². The Hall–Kier alpha value is -3.91. The van der Waals surface area contributed by atoms with Crippen molar-refractivity contribution in [2.24, 2.45) is 10.9 Å². The maximum absolute atomic E-state index is 13.5. The lowest BCUT2D eigenvalue weighted by molar-refractivity contribution is -0.177. The lowest BCUT2D eigenvalue weighted by atomic mass is 9.72. The number of unbranched alkanes of at least 4 members (excludes halogenated alkanes) is 2. The number of nitrogens with one attached hydrogen (secondary N) is 3. The number of piperazine rings is 1. The van der Waals surface area contributed by atoms with E-state index in [-0.39, 0.29) is 42.8 Å². The van der Waals surface area contributed by atoms with Gasteiger partial charge in [-0.05, 0) is 92.4 Å². The lowest BCUT2D eigenvalue weighted by Crippen LogP contribution is -2.72. The van der Waals surface area contributed by atoms with Crippen LogP contribution >= 0.6 is 0 Å². The Balaban J connectivity index is 1.48. The Labute approximate surface area is 263 Å². The van der Waals surface area contributed by atoms with Gasteiger partial charge >= 0.3 is 18.2 Å². The second-order valence-electron chi connectivity index (χ2n) is 13.7. The number of aliphatic carboxylic acids is 1. The fourth-order valence-electron chi connectivity index (χ4n) is 5.92. The minimum Gasteiger partial charge on any atom is -0.481 e. The van der Waals surface area contributed by atoms with Crippen molar-refractivity contribution in [2.75, 3.05) is 19.6 Å². The molecule has 4 fully saturated rings. The number of piperidine rings is 2. The highest BCUT2D eigenvalue weighted by atomic mass is 16.6. The summed E-state index contributed by atoms with van der Waals surface area (Å²) >= 11 is 0. The predicted molar refractivity (Wildman–Crippen MR) is 162 cm³/mol. The van der Waals surface area contributed by atoms with E-state index in [0.29, 0.717) is 25.8 Å². The molecule has 4 N–H and O–H groups in total. The number of carboxylic acid groups (broad SMARTS) is 1. The van der Waals surface area contributed by atoms with Crippen LogP contribution in [0.5, 0.6) is 0 Å². The SMILES string of the molecule is CC(C)(C)OC(=O)NC(=NCCCCCNC(=O)CN1C(=O)[C@@H]2C3CCC(CC3)N2C(=O)[C@@H]1CC(=O)O)NC(=O)OC(C)(C)C. The van der Waals surface area contributed by atoms with Crippen molar-refractivity contribution in [2.45, 2.75) is 122 Å². The average molecular weight is 637 g/mol. The summed E-state index contributed by atoms with van der Waals surface area (Å²) in [4.78, 5) is 82.6. The van der Waals surface area contributed by atoms with Gasteiger partial charge in [0.2, 0.25) is 23.7 Å². The van der Waals surface area contributed by atoms with Crippen LogP contribution in [0.4, 0.5) is 9.59 Å². The molecule has 15 nitrogen and oxygen atoms in total. The first-order valence-electron chi connectivity index (χ1n) is 15.6. The van der Waals surface area contributed by atoms with Crippen molar-refractivity contribution >= 4 is 41.8 Å². The van der Waals surface area contributed by atoms with E-state index < -0.39 is 53.8 Å². The van der Waals surface area contributed by atoms with Crippen molar-refractivity contribution in [3.8, 4) is 0 Å². The van der Waals surface area contributed by atoms with Crippen LogP contribution in [0.2, 0.25) is 0 Å². The Morgan fingerprint density at radius 3 is 1.98 bits per heavy atom. The summed E-state index contributed by atoms with van der Waals surface area (Å²) < 4.78 is 10.5. The highest BCUT2D eigenvalue weighted by molar-refractivity contribution is 6.02. The summed E-state index contributed by atoms with van der Waals surface area (Å²) in [5.74, 6) is -2.49. The number of alkyl carbamates (subject to hydrolysis) is 2. The van der Waals surface area contributed by atoms with E-state index in [1.165, 1.54) is 0 Å². The quantitative estimate of drug-likeness (QED) is 0.158. The second kappa shape index (κ2) is 14.9. The van der Waals surface area contributed by atoms with Crippen LogP contribution in [0.25, 0.3) is 0 Å². The van der Waals surface area contributed by atoms with E-state index in [0.717, 1.165) is 30.6 Å². The molecule has 4 rings (SSSR count). The third kappa shape index (κ3) is 10.6. The largest absolute Gasteiger partial charge is 0.481 e. The number of ether oxygens (including phenoxy) is 2. The van der Waals surface area contributed by atoms with E-state index in [2.05, 4.69) is 20.9 Å². The molecule has 252 valence electrons. The molecule has 4 aliphatic rings. The normalized spacial score (nSPS) is 22.7. The third-order valence-corrected chi connectivity index (χ3v) is 7.68. The fourth-order valence-corrected chi connectivity index (χ4v) is 5.92. The van der Waals surface area contributed by atoms with Gasteiger partial charge in [-0.25, -0.2) is 9.59 Å². The van der Waals surface area contributed by atoms with E-state index in [1.807, 2.05) is 0 Å². The highest BCUT2D eigenvalue weighted by Gasteiger charge is 2.55. The molecule has 5 amide bonds. The number of hydrogen-bond acceptors (Lipinski definition) is 9. The number of carboxylic acids is 1. The van der Waals surface area contributed by atoms with E-state index in [9.17, 15) is 33.9 Å². The van der Waals surface area contributed by atoms with Crippen molar-refractivity contribution in [3.63, 3.8) is 0 Å². The van der Waals surface area contributed by atoms with Crippen LogP contribution in [0, 0.1) is 5.92 Å². The van der Waals surface area contributed by atoms with Gasteiger partial charge in [0.15, 0.2) is 0 Å².